The number of esters is 1. The van der Waals surface area contributed by atoms with Gasteiger partial charge in [0.1, 0.15) is 23.0 Å². The Bertz CT molecular complexity index is 1220. The van der Waals surface area contributed by atoms with E-state index in [-0.39, 0.29) is 29.4 Å². The molecular weight excluding hydrogens is 536 g/mol. The van der Waals surface area contributed by atoms with E-state index >= 15 is 0 Å². The molecule has 0 aromatic heterocycles. The van der Waals surface area contributed by atoms with Gasteiger partial charge >= 0.3 is 5.97 Å². The highest BCUT2D eigenvalue weighted by molar-refractivity contribution is 5.98. The summed E-state index contributed by atoms with van der Waals surface area (Å²) in [7, 11) is 0. The molecule has 0 aliphatic carbocycles. The predicted molar refractivity (Wildman–Crippen MR) is 161 cm³/mol. The Hall–Kier alpha value is -3.55. The molecule has 42 heavy (non-hydrogen) atoms. The van der Waals surface area contributed by atoms with Crippen molar-refractivity contribution in [2.45, 2.75) is 104 Å². The van der Waals surface area contributed by atoms with Crippen LogP contribution >= 0.6 is 0 Å². The number of hydrogen-bond donors (Lipinski definition) is 1. The molecule has 2 aromatic rings. The Labute approximate surface area is 249 Å². The van der Waals surface area contributed by atoms with Crippen LogP contribution in [0.5, 0.6) is 23.0 Å². The fourth-order valence-corrected chi connectivity index (χ4v) is 5.21. The number of carbonyl (C=O) groups is 3. The first kappa shape index (κ1) is 33.0. The van der Waals surface area contributed by atoms with Crippen molar-refractivity contribution in [1.29, 1.82) is 0 Å². The van der Waals surface area contributed by atoms with Gasteiger partial charge in [0.2, 0.25) is 0 Å². The SMILES string of the molecule is CCCc1c(OCCCCCOc2cc3c(cc2C(C)=O)CCC(CCCCC(=O)OCC)O3)ccc(C(C)=O)c1O. The normalized spacial score (nSPS) is 14.0. The topological polar surface area (TPSA) is 108 Å². The standard InChI is InChI=1S/C34H46O8/c1-5-12-28-30(18-17-27(23(3)35)34(28)38)40-19-10-7-11-20-41-32-22-31-25(21-29(32)24(4)36)15-16-26(42-31)13-8-9-14-33(37)39-6-2/h17-18,21-22,26,38H,5-16,19-20H2,1-4H3. The lowest BCUT2D eigenvalue weighted by atomic mass is 9.96. The second-order valence-corrected chi connectivity index (χ2v) is 10.8. The number of fused-ring (bicyclic) bond motifs is 1. The highest BCUT2D eigenvalue weighted by Gasteiger charge is 2.23. The van der Waals surface area contributed by atoms with Gasteiger partial charge in [-0.25, -0.2) is 0 Å². The van der Waals surface area contributed by atoms with Crippen molar-refractivity contribution in [3.8, 4) is 23.0 Å². The second kappa shape index (κ2) is 16.8. The molecule has 1 N–H and O–H groups in total. The maximum absolute atomic E-state index is 12.3. The molecule has 1 atom stereocenters. The number of ketones is 2. The monoisotopic (exact) mass is 582 g/mol. The zero-order chi connectivity index (χ0) is 30.5. The molecule has 0 radical (unpaired) electrons. The van der Waals surface area contributed by atoms with Gasteiger partial charge in [-0.2, -0.15) is 0 Å². The van der Waals surface area contributed by atoms with Crippen molar-refractivity contribution in [3.63, 3.8) is 0 Å². The Morgan fingerprint density at radius 2 is 1.62 bits per heavy atom. The number of carbonyl (C=O) groups excluding carboxylic acids is 3. The number of Topliss-reactive ketones (excluding diaryl/α,β-unsaturated/α-hetero) is 2. The minimum absolute atomic E-state index is 0.0193. The Balaban J connectivity index is 1.47. The number of hydrogen-bond acceptors (Lipinski definition) is 8. The van der Waals surface area contributed by atoms with Crippen molar-refractivity contribution in [2.24, 2.45) is 0 Å². The van der Waals surface area contributed by atoms with Crippen LogP contribution in [-0.4, -0.2) is 48.6 Å². The lowest BCUT2D eigenvalue weighted by Crippen LogP contribution is -2.23. The van der Waals surface area contributed by atoms with Gasteiger partial charge in [-0.05, 0) is 102 Å². The van der Waals surface area contributed by atoms with Gasteiger partial charge in [-0.3, -0.25) is 14.4 Å². The first-order chi connectivity index (χ1) is 20.2. The van der Waals surface area contributed by atoms with Gasteiger partial charge in [-0.1, -0.05) is 13.3 Å². The van der Waals surface area contributed by atoms with Gasteiger partial charge < -0.3 is 24.1 Å². The van der Waals surface area contributed by atoms with E-state index < -0.39 is 0 Å². The number of aromatic hydroxyl groups is 1. The first-order valence-corrected chi connectivity index (χ1v) is 15.4. The number of rotatable bonds is 18. The maximum Gasteiger partial charge on any atom is 0.305 e. The molecule has 230 valence electrons. The zero-order valence-electron chi connectivity index (χ0n) is 25.6. The largest absolute Gasteiger partial charge is 0.507 e. The second-order valence-electron chi connectivity index (χ2n) is 10.8. The number of benzene rings is 2. The molecule has 0 bridgehead atoms. The van der Waals surface area contributed by atoms with E-state index in [1.54, 1.807) is 19.1 Å². The van der Waals surface area contributed by atoms with E-state index in [1.165, 1.54) is 6.92 Å². The fourth-order valence-electron chi connectivity index (χ4n) is 5.21. The number of phenolic OH excluding ortho intramolecular Hbond substituents is 1. The predicted octanol–water partition coefficient (Wildman–Crippen LogP) is 7.20. The van der Waals surface area contributed by atoms with Gasteiger partial charge in [-0.15, -0.1) is 0 Å². The summed E-state index contributed by atoms with van der Waals surface area (Å²) in [4.78, 5) is 35.7. The van der Waals surface area contributed by atoms with Gasteiger partial charge in [0.25, 0.3) is 0 Å². The summed E-state index contributed by atoms with van der Waals surface area (Å²) in [5, 5.41) is 10.5. The molecule has 3 rings (SSSR count). The molecule has 1 aliphatic heterocycles. The highest BCUT2D eigenvalue weighted by Crippen LogP contribution is 2.36. The van der Waals surface area contributed by atoms with E-state index in [0.29, 0.717) is 60.9 Å². The maximum atomic E-state index is 12.3. The van der Waals surface area contributed by atoms with E-state index in [4.69, 9.17) is 18.9 Å². The molecule has 0 amide bonds. The molecule has 8 nitrogen and oxygen atoms in total. The summed E-state index contributed by atoms with van der Waals surface area (Å²) in [6.07, 6.45) is 8.69. The van der Waals surface area contributed by atoms with Crippen LogP contribution in [0.15, 0.2) is 24.3 Å². The molecule has 1 heterocycles. The summed E-state index contributed by atoms with van der Waals surface area (Å²) < 4.78 is 23.3. The van der Waals surface area contributed by atoms with Crippen LogP contribution < -0.4 is 14.2 Å². The van der Waals surface area contributed by atoms with E-state index in [1.807, 2.05) is 26.0 Å². The van der Waals surface area contributed by atoms with Crippen molar-refractivity contribution in [1.82, 2.24) is 0 Å². The van der Waals surface area contributed by atoms with Crippen LogP contribution in [0.4, 0.5) is 0 Å². The fraction of sp³-hybridized carbons (Fsp3) is 0.559. The smallest absolute Gasteiger partial charge is 0.305 e. The Morgan fingerprint density at radius 3 is 2.29 bits per heavy atom. The van der Waals surface area contributed by atoms with Crippen molar-refractivity contribution in [2.75, 3.05) is 19.8 Å². The summed E-state index contributed by atoms with van der Waals surface area (Å²) in [5.41, 5.74) is 2.60. The van der Waals surface area contributed by atoms with Crippen LogP contribution in [0.1, 0.15) is 117 Å². The Kier molecular flexibility index (Phi) is 13.2. The third-order valence-corrected chi connectivity index (χ3v) is 7.46. The molecule has 8 heteroatoms. The quantitative estimate of drug-likeness (QED) is 0.112. The minimum atomic E-state index is -0.169. The van der Waals surface area contributed by atoms with E-state index in [2.05, 4.69) is 0 Å². The van der Waals surface area contributed by atoms with E-state index in [0.717, 1.165) is 69.1 Å². The lowest BCUT2D eigenvalue weighted by Gasteiger charge is -2.27. The Morgan fingerprint density at radius 1 is 0.905 bits per heavy atom. The highest BCUT2D eigenvalue weighted by atomic mass is 16.5. The molecule has 0 saturated carbocycles. The van der Waals surface area contributed by atoms with Crippen molar-refractivity contribution >= 4 is 17.5 Å². The number of aryl methyl sites for hydroxylation is 1. The van der Waals surface area contributed by atoms with Crippen LogP contribution in [0.2, 0.25) is 0 Å². The molecule has 1 unspecified atom stereocenters. The summed E-state index contributed by atoms with van der Waals surface area (Å²) >= 11 is 0. The average molecular weight is 583 g/mol. The summed E-state index contributed by atoms with van der Waals surface area (Å²) in [6, 6.07) is 7.13. The van der Waals surface area contributed by atoms with Gasteiger partial charge in [0.15, 0.2) is 11.6 Å². The van der Waals surface area contributed by atoms with Crippen LogP contribution in [-0.2, 0) is 22.4 Å². The molecule has 0 spiro atoms. The third kappa shape index (κ3) is 9.50. The number of ether oxygens (including phenoxy) is 4. The number of unbranched alkanes of at least 4 members (excludes halogenated alkanes) is 3. The third-order valence-electron chi connectivity index (χ3n) is 7.46. The van der Waals surface area contributed by atoms with Crippen LogP contribution in [0.3, 0.4) is 0 Å². The molecule has 2 aromatic carbocycles. The van der Waals surface area contributed by atoms with Crippen molar-refractivity contribution < 1.29 is 38.4 Å². The molecule has 1 aliphatic rings. The average Bonchev–Trinajstić information content (AvgIpc) is 2.95. The summed E-state index contributed by atoms with van der Waals surface area (Å²) in [5.74, 6) is 1.60. The lowest BCUT2D eigenvalue weighted by molar-refractivity contribution is -0.143. The molecule has 0 saturated heterocycles. The van der Waals surface area contributed by atoms with Gasteiger partial charge in [0.05, 0.1) is 37.1 Å². The van der Waals surface area contributed by atoms with Crippen LogP contribution in [0, 0.1) is 0 Å². The first-order valence-electron chi connectivity index (χ1n) is 15.4. The van der Waals surface area contributed by atoms with Gasteiger partial charge in [0, 0.05) is 18.1 Å². The zero-order valence-corrected chi connectivity index (χ0v) is 25.6. The molecule has 0 fully saturated rings. The minimum Gasteiger partial charge on any atom is -0.507 e. The van der Waals surface area contributed by atoms with Crippen LogP contribution in [0.25, 0.3) is 0 Å². The van der Waals surface area contributed by atoms with Crippen molar-refractivity contribution in [3.05, 3.63) is 46.5 Å². The van der Waals surface area contributed by atoms with E-state index in [9.17, 15) is 19.5 Å². The molecular formula is C34H46O8. The summed E-state index contributed by atoms with van der Waals surface area (Å²) in [6.45, 7) is 8.19. The number of phenols is 1.